The Balaban J connectivity index is 1.61. The smallest absolute Gasteiger partial charge is 0.272 e. The van der Waals surface area contributed by atoms with Crippen molar-refractivity contribution in [2.45, 2.75) is 51.6 Å². The molecule has 1 fully saturated rings. The lowest BCUT2D eigenvalue weighted by molar-refractivity contribution is -0.126. The third-order valence-electron chi connectivity index (χ3n) is 4.73. The van der Waals surface area contributed by atoms with Crippen molar-refractivity contribution in [3.05, 3.63) is 40.3 Å². The number of nitrogens with zero attached hydrogens (tertiary/aromatic N) is 2. The lowest BCUT2D eigenvalue weighted by atomic mass is 9.95. The first-order valence-corrected chi connectivity index (χ1v) is 9.07. The van der Waals surface area contributed by atoms with Crippen LogP contribution in [0.3, 0.4) is 0 Å². The van der Waals surface area contributed by atoms with Crippen LogP contribution in [-0.4, -0.2) is 34.0 Å². The minimum atomic E-state index is -0.373. The maximum absolute atomic E-state index is 12.4. The number of amides is 2. The van der Waals surface area contributed by atoms with Gasteiger partial charge in [-0.2, -0.15) is 0 Å². The average molecular weight is 356 g/mol. The topological polar surface area (TPSA) is 93.1 Å². The standard InChI is InChI=1S/C19H24N4O3/c1-13-19(26)23(16-10-6-5-9-15(16)21-13)12-18(25)20-11-17(24)22-14-7-3-2-4-8-14/h5-6,9-10,14H,2-4,7-8,11-12H2,1H3,(H,20,25)(H,22,24). The fourth-order valence-electron chi connectivity index (χ4n) is 3.38. The van der Waals surface area contributed by atoms with Crippen LogP contribution in [-0.2, 0) is 16.1 Å². The Morgan fingerprint density at radius 3 is 2.65 bits per heavy atom. The molecule has 2 N–H and O–H groups in total. The normalized spacial score (nSPS) is 15.0. The summed E-state index contributed by atoms with van der Waals surface area (Å²) in [6, 6.07) is 7.40. The van der Waals surface area contributed by atoms with E-state index in [1.165, 1.54) is 11.0 Å². The van der Waals surface area contributed by atoms with Crippen LogP contribution in [0.2, 0.25) is 0 Å². The van der Waals surface area contributed by atoms with E-state index >= 15 is 0 Å². The van der Waals surface area contributed by atoms with Crippen LogP contribution >= 0.6 is 0 Å². The molecule has 0 saturated heterocycles. The van der Waals surface area contributed by atoms with Gasteiger partial charge in [0.1, 0.15) is 12.2 Å². The van der Waals surface area contributed by atoms with E-state index < -0.39 is 0 Å². The Kier molecular flexibility index (Phi) is 5.65. The second-order valence-electron chi connectivity index (χ2n) is 6.76. The number of nitrogens with one attached hydrogen (secondary N) is 2. The van der Waals surface area contributed by atoms with Gasteiger partial charge in [-0.25, -0.2) is 4.98 Å². The van der Waals surface area contributed by atoms with Crippen LogP contribution in [0.4, 0.5) is 0 Å². The highest BCUT2D eigenvalue weighted by Crippen LogP contribution is 2.17. The maximum Gasteiger partial charge on any atom is 0.272 e. The number of benzene rings is 1. The Bertz CT molecular complexity index is 869. The molecule has 3 rings (SSSR count). The van der Waals surface area contributed by atoms with Crippen LogP contribution in [0.25, 0.3) is 11.0 Å². The van der Waals surface area contributed by atoms with Gasteiger partial charge in [0.2, 0.25) is 11.8 Å². The van der Waals surface area contributed by atoms with Crippen molar-refractivity contribution >= 4 is 22.8 Å². The molecule has 0 radical (unpaired) electrons. The minimum Gasteiger partial charge on any atom is -0.352 e. The van der Waals surface area contributed by atoms with Gasteiger partial charge in [0, 0.05) is 6.04 Å². The summed E-state index contributed by atoms with van der Waals surface area (Å²) in [5, 5.41) is 5.56. The van der Waals surface area contributed by atoms with E-state index in [1.807, 2.05) is 6.07 Å². The second kappa shape index (κ2) is 8.12. The SMILES string of the molecule is Cc1nc2ccccc2n(CC(=O)NCC(=O)NC2CCCCC2)c1=O. The van der Waals surface area contributed by atoms with Crippen molar-refractivity contribution < 1.29 is 9.59 Å². The van der Waals surface area contributed by atoms with Crippen molar-refractivity contribution in [2.75, 3.05) is 6.54 Å². The molecule has 7 nitrogen and oxygen atoms in total. The second-order valence-corrected chi connectivity index (χ2v) is 6.76. The number of aromatic nitrogens is 2. The van der Waals surface area contributed by atoms with Crippen LogP contribution in [0.15, 0.2) is 29.1 Å². The molecular weight excluding hydrogens is 332 g/mol. The summed E-state index contributed by atoms with van der Waals surface area (Å²) < 4.78 is 1.39. The van der Waals surface area contributed by atoms with Gasteiger partial charge in [0.05, 0.1) is 17.6 Å². The first-order valence-electron chi connectivity index (χ1n) is 9.07. The van der Waals surface area contributed by atoms with E-state index in [4.69, 9.17) is 0 Å². The average Bonchev–Trinajstić information content (AvgIpc) is 2.64. The predicted octanol–water partition coefficient (Wildman–Crippen LogP) is 1.27. The molecule has 1 aliphatic rings. The number of carbonyl (C=O) groups excluding carboxylic acids is 2. The number of aryl methyl sites for hydroxylation is 1. The van der Waals surface area contributed by atoms with Crippen molar-refractivity contribution in [1.29, 1.82) is 0 Å². The Morgan fingerprint density at radius 1 is 1.15 bits per heavy atom. The molecule has 0 bridgehead atoms. The van der Waals surface area contributed by atoms with Crippen molar-refractivity contribution in [3.63, 3.8) is 0 Å². The van der Waals surface area contributed by atoms with Gasteiger partial charge in [-0.15, -0.1) is 0 Å². The number of para-hydroxylation sites is 2. The van der Waals surface area contributed by atoms with Gasteiger partial charge in [-0.1, -0.05) is 31.4 Å². The molecule has 0 aliphatic heterocycles. The molecule has 26 heavy (non-hydrogen) atoms. The van der Waals surface area contributed by atoms with E-state index in [9.17, 15) is 14.4 Å². The van der Waals surface area contributed by atoms with Crippen LogP contribution in [0.5, 0.6) is 0 Å². The predicted molar refractivity (Wildman–Crippen MR) is 98.8 cm³/mol. The molecule has 1 aromatic carbocycles. The number of carbonyl (C=O) groups is 2. The molecule has 0 atom stereocenters. The summed E-state index contributed by atoms with van der Waals surface area (Å²) in [6.45, 7) is 1.41. The number of hydrogen-bond acceptors (Lipinski definition) is 4. The van der Waals surface area contributed by atoms with Gasteiger partial charge in [-0.3, -0.25) is 19.0 Å². The summed E-state index contributed by atoms with van der Waals surface area (Å²) in [5.41, 5.74) is 1.30. The van der Waals surface area contributed by atoms with Crippen LogP contribution < -0.4 is 16.2 Å². The number of rotatable bonds is 5. The zero-order valence-corrected chi connectivity index (χ0v) is 15.0. The van der Waals surface area contributed by atoms with Gasteiger partial charge < -0.3 is 10.6 Å². The van der Waals surface area contributed by atoms with E-state index in [-0.39, 0.29) is 36.5 Å². The van der Waals surface area contributed by atoms with Gasteiger partial charge in [-0.05, 0) is 31.9 Å². The zero-order chi connectivity index (χ0) is 18.5. The largest absolute Gasteiger partial charge is 0.352 e. The third kappa shape index (κ3) is 4.28. The Labute approximate surface area is 151 Å². The molecule has 0 spiro atoms. The van der Waals surface area contributed by atoms with Crippen molar-refractivity contribution in [2.24, 2.45) is 0 Å². The Hall–Kier alpha value is -2.70. The lowest BCUT2D eigenvalue weighted by Gasteiger charge is -2.22. The summed E-state index contributed by atoms with van der Waals surface area (Å²) in [4.78, 5) is 40.9. The molecule has 138 valence electrons. The van der Waals surface area contributed by atoms with E-state index in [1.54, 1.807) is 25.1 Å². The van der Waals surface area contributed by atoms with E-state index in [0.717, 1.165) is 25.7 Å². The monoisotopic (exact) mass is 356 g/mol. The van der Waals surface area contributed by atoms with Gasteiger partial charge in [0.15, 0.2) is 0 Å². The summed E-state index contributed by atoms with van der Waals surface area (Å²) in [7, 11) is 0. The molecule has 2 aromatic rings. The van der Waals surface area contributed by atoms with E-state index in [2.05, 4.69) is 15.6 Å². The van der Waals surface area contributed by atoms with Crippen molar-refractivity contribution in [1.82, 2.24) is 20.2 Å². The highest BCUT2D eigenvalue weighted by atomic mass is 16.2. The zero-order valence-electron chi connectivity index (χ0n) is 15.0. The summed E-state index contributed by atoms with van der Waals surface area (Å²) in [6.07, 6.45) is 5.48. The Morgan fingerprint density at radius 2 is 1.88 bits per heavy atom. The van der Waals surface area contributed by atoms with Crippen LogP contribution in [0.1, 0.15) is 37.8 Å². The van der Waals surface area contributed by atoms with Gasteiger partial charge in [0.25, 0.3) is 5.56 Å². The number of fused-ring (bicyclic) bond motifs is 1. The summed E-state index contributed by atoms with van der Waals surface area (Å²) in [5.74, 6) is -0.560. The molecule has 1 aromatic heterocycles. The quantitative estimate of drug-likeness (QED) is 0.844. The lowest BCUT2D eigenvalue weighted by Crippen LogP contribution is -2.43. The van der Waals surface area contributed by atoms with E-state index in [0.29, 0.717) is 16.7 Å². The molecule has 2 amide bonds. The molecule has 0 unspecified atom stereocenters. The van der Waals surface area contributed by atoms with Crippen molar-refractivity contribution in [3.8, 4) is 0 Å². The molecular formula is C19H24N4O3. The molecule has 1 aliphatic carbocycles. The fourth-order valence-corrected chi connectivity index (χ4v) is 3.38. The third-order valence-corrected chi connectivity index (χ3v) is 4.73. The first-order chi connectivity index (χ1) is 12.5. The molecule has 1 heterocycles. The van der Waals surface area contributed by atoms with Crippen LogP contribution in [0, 0.1) is 6.92 Å². The maximum atomic E-state index is 12.4. The fraction of sp³-hybridized carbons (Fsp3) is 0.474. The summed E-state index contributed by atoms with van der Waals surface area (Å²) >= 11 is 0. The molecule has 7 heteroatoms. The number of hydrogen-bond donors (Lipinski definition) is 2. The first kappa shape index (κ1) is 18.1. The van der Waals surface area contributed by atoms with Gasteiger partial charge >= 0.3 is 0 Å². The highest BCUT2D eigenvalue weighted by Gasteiger charge is 2.16. The molecule has 1 saturated carbocycles. The minimum absolute atomic E-state index is 0.0773. The highest BCUT2D eigenvalue weighted by molar-refractivity contribution is 5.85.